The van der Waals surface area contributed by atoms with Gasteiger partial charge in [0.25, 0.3) is 0 Å². The van der Waals surface area contributed by atoms with Gasteiger partial charge >= 0.3 is 0 Å². The van der Waals surface area contributed by atoms with E-state index in [-0.39, 0.29) is 6.10 Å². The van der Waals surface area contributed by atoms with E-state index in [1.165, 1.54) is 0 Å². The molecule has 0 bridgehead atoms. The van der Waals surface area contributed by atoms with Crippen LogP contribution < -0.4 is 15.8 Å². The third-order valence-corrected chi connectivity index (χ3v) is 5.55. The van der Waals surface area contributed by atoms with E-state index in [1.807, 2.05) is 36.6 Å². The lowest BCUT2D eigenvalue weighted by Gasteiger charge is -2.15. The second kappa shape index (κ2) is 6.50. The van der Waals surface area contributed by atoms with Crippen LogP contribution in [0, 0.1) is 25.2 Å². The summed E-state index contributed by atoms with van der Waals surface area (Å²) in [5, 5.41) is 21.9. The molecular weight excluding hydrogens is 366 g/mol. The van der Waals surface area contributed by atoms with Gasteiger partial charge in [0.1, 0.15) is 23.6 Å². The van der Waals surface area contributed by atoms with Crippen LogP contribution in [0.15, 0.2) is 24.4 Å². The molecular formula is C21H21N7O. The van der Waals surface area contributed by atoms with Crippen molar-refractivity contribution in [3.8, 4) is 17.6 Å². The fourth-order valence-electron chi connectivity index (χ4n) is 4.06. The topological polar surface area (TPSA) is 118 Å². The number of nitrogens with one attached hydrogen (secondary N) is 2. The maximum Gasteiger partial charge on any atom is 0.218 e. The number of rotatable bonds is 3. The van der Waals surface area contributed by atoms with Crippen molar-refractivity contribution in [1.82, 2.24) is 25.1 Å². The molecule has 0 saturated carbocycles. The van der Waals surface area contributed by atoms with Crippen molar-refractivity contribution < 1.29 is 4.74 Å². The molecule has 1 saturated heterocycles. The first-order chi connectivity index (χ1) is 14.1. The second-order valence-corrected chi connectivity index (χ2v) is 7.48. The summed E-state index contributed by atoms with van der Waals surface area (Å²) < 4.78 is 8.01. The zero-order chi connectivity index (χ0) is 20.1. The average molecular weight is 387 g/mol. The lowest BCUT2D eigenvalue weighted by Crippen LogP contribution is -2.20. The molecule has 0 radical (unpaired) electrons. The molecule has 8 nitrogen and oxygen atoms in total. The monoisotopic (exact) mass is 387 g/mol. The molecule has 0 spiro atoms. The SMILES string of the molecule is Cc1cc2c(C#N)c(N)n(-c3c(C)ccc4[nH]ncc34)c2nc1O[C@H]1CCNC1. The summed E-state index contributed by atoms with van der Waals surface area (Å²) in [5.74, 6) is 0.942. The van der Waals surface area contributed by atoms with Crippen LogP contribution in [0.2, 0.25) is 0 Å². The van der Waals surface area contributed by atoms with Crippen LogP contribution in [-0.4, -0.2) is 38.9 Å². The Morgan fingerprint density at radius 1 is 1.28 bits per heavy atom. The molecule has 0 aliphatic carbocycles. The van der Waals surface area contributed by atoms with E-state index >= 15 is 0 Å². The van der Waals surface area contributed by atoms with Gasteiger partial charge in [-0.1, -0.05) is 6.07 Å². The molecule has 1 aliphatic heterocycles. The predicted octanol–water partition coefficient (Wildman–Crippen LogP) is 2.71. The molecule has 4 N–H and O–H groups in total. The van der Waals surface area contributed by atoms with E-state index in [0.29, 0.717) is 22.9 Å². The van der Waals surface area contributed by atoms with Gasteiger partial charge < -0.3 is 15.8 Å². The van der Waals surface area contributed by atoms with Gasteiger partial charge in [-0.05, 0) is 44.5 Å². The first-order valence-electron chi connectivity index (χ1n) is 9.60. The minimum atomic E-state index is 0.0916. The second-order valence-electron chi connectivity index (χ2n) is 7.48. The number of H-pyrrole nitrogens is 1. The fourth-order valence-corrected chi connectivity index (χ4v) is 4.06. The van der Waals surface area contributed by atoms with Crippen molar-refractivity contribution in [2.24, 2.45) is 0 Å². The number of aromatic amines is 1. The quantitative estimate of drug-likeness (QED) is 0.497. The van der Waals surface area contributed by atoms with Gasteiger partial charge in [0.2, 0.25) is 5.88 Å². The smallest absolute Gasteiger partial charge is 0.218 e. The standard InChI is InChI=1S/C21H21N7O/c1-11-3-4-17-16(10-25-27-17)18(11)28-19(23)15(8-22)14-7-12(2)21(26-20(14)28)29-13-5-6-24-9-13/h3-4,7,10,13,24H,5-6,9,23H2,1-2H3,(H,25,27)/t13-/m0/s1. The van der Waals surface area contributed by atoms with Crippen LogP contribution in [0.5, 0.6) is 5.88 Å². The normalized spacial score (nSPS) is 16.5. The first kappa shape index (κ1) is 17.5. The number of nitriles is 1. The number of benzene rings is 1. The Morgan fingerprint density at radius 2 is 2.14 bits per heavy atom. The molecule has 146 valence electrons. The molecule has 29 heavy (non-hydrogen) atoms. The van der Waals surface area contributed by atoms with Crippen molar-refractivity contribution in [3.05, 3.63) is 41.1 Å². The number of pyridine rings is 1. The Hall–Kier alpha value is -3.57. The fraction of sp³-hybridized carbons (Fsp3) is 0.286. The summed E-state index contributed by atoms with van der Waals surface area (Å²) in [7, 11) is 0. The molecule has 1 aliphatic rings. The molecule has 0 unspecified atom stereocenters. The van der Waals surface area contributed by atoms with Gasteiger partial charge in [0.05, 0.1) is 17.4 Å². The summed E-state index contributed by atoms with van der Waals surface area (Å²) >= 11 is 0. The van der Waals surface area contributed by atoms with E-state index in [0.717, 1.165) is 52.6 Å². The van der Waals surface area contributed by atoms with Crippen LogP contribution in [0.1, 0.15) is 23.1 Å². The van der Waals surface area contributed by atoms with Crippen molar-refractivity contribution in [1.29, 1.82) is 5.26 Å². The van der Waals surface area contributed by atoms with Gasteiger partial charge in [0.15, 0.2) is 5.65 Å². The highest BCUT2D eigenvalue weighted by atomic mass is 16.5. The lowest BCUT2D eigenvalue weighted by atomic mass is 10.1. The molecule has 1 aromatic carbocycles. The molecule has 4 aromatic rings. The molecule has 5 rings (SSSR count). The number of fused-ring (bicyclic) bond motifs is 2. The highest BCUT2D eigenvalue weighted by Crippen LogP contribution is 2.36. The van der Waals surface area contributed by atoms with Crippen molar-refractivity contribution >= 4 is 27.8 Å². The lowest BCUT2D eigenvalue weighted by molar-refractivity contribution is 0.213. The number of nitrogens with two attached hydrogens (primary N) is 1. The number of ether oxygens (including phenoxy) is 1. The summed E-state index contributed by atoms with van der Waals surface area (Å²) in [6.45, 7) is 5.70. The van der Waals surface area contributed by atoms with Crippen LogP contribution in [0.4, 0.5) is 5.82 Å². The van der Waals surface area contributed by atoms with Crippen LogP contribution in [0.25, 0.3) is 27.6 Å². The van der Waals surface area contributed by atoms with E-state index in [2.05, 4.69) is 21.6 Å². The van der Waals surface area contributed by atoms with E-state index in [9.17, 15) is 5.26 Å². The van der Waals surface area contributed by atoms with Crippen LogP contribution in [0.3, 0.4) is 0 Å². The Morgan fingerprint density at radius 3 is 2.90 bits per heavy atom. The molecule has 1 fully saturated rings. The first-order valence-corrected chi connectivity index (χ1v) is 9.60. The summed E-state index contributed by atoms with van der Waals surface area (Å²) in [6.07, 6.45) is 2.80. The zero-order valence-electron chi connectivity index (χ0n) is 16.3. The third-order valence-electron chi connectivity index (χ3n) is 5.55. The summed E-state index contributed by atoms with van der Waals surface area (Å²) in [5.41, 5.74) is 11.2. The minimum Gasteiger partial charge on any atom is -0.473 e. The predicted molar refractivity (Wildman–Crippen MR) is 111 cm³/mol. The van der Waals surface area contributed by atoms with E-state index < -0.39 is 0 Å². The highest BCUT2D eigenvalue weighted by molar-refractivity contribution is 5.97. The molecule has 3 aromatic heterocycles. The Balaban J connectivity index is 1.80. The number of nitrogens with zero attached hydrogens (tertiary/aromatic N) is 4. The van der Waals surface area contributed by atoms with Crippen molar-refractivity contribution in [3.63, 3.8) is 0 Å². The molecule has 1 atom stereocenters. The number of nitrogen functional groups attached to an aromatic ring is 1. The van der Waals surface area contributed by atoms with E-state index in [4.69, 9.17) is 15.5 Å². The van der Waals surface area contributed by atoms with Crippen molar-refractivity contribution in [2.45, 2.75) is 26.4 Å². The molecule has 0 amide bonds. The zero-order valence-corrected chi connectivity index (χ0v) is 16.3. The minimum absolute atomic E-state index is 0.0916. The Bertz CT molecular complexity index is 1290. The van der Waals surface area contributed by atoms with Crippen LogP contribution in [-0.2, 0) is 0 Å². The molecule has 4 heterocycles. The largest absolute Gasteiger partial charge is 0.473 e. The maximum absolute atomic E-state index is 9.78. The summed E-state index contributed by atoms with van der Waals surface area (Å²) in [6, 6.07) is 8.17. The van der Waals surface area contributed by atoms with Gasteiger partial charge in [0, 0.05) is 22.9 Å². The van der Waals surface area contributed by atoms with Gasteiger partial charge in [-0.2, -0.15) is 15.3 Å². The third kappa shape index (κ3) is 2.62. The Kier molecular flexibility index (Phi) is 3.93. The average Bonchev–Trinajstić information content (AvgIpc) is 3.43. The number of hydrogen-bond acceptors (Lipinski definition) is 6. The van der Waals surface area contributed by atoms with Crippen molar-refractivity contribution in [2.75, 3.05) is 18.8 Å². The van der Waals surface area contributed by atoms with Gasteiger partial charge in [-0.25, -0.2) is 0 Å². The highest BCUT2D eigenvalue weighted by Gasteiger charge is 2.24. The maximum atomic E-state index is 9.78. The summed E-state index contributed by atoms with van der Waals surface area (Å²) in [4.78, 5) is 4.83. The number of anilines is 1. The van der Waals surface area contributed by atoms with E-state index in [1.54, 1.807) is 6.20 Å². The number of aromatic nitrogens is 4. The molecule has 8 heteroatoms. The Labute approximate surface area is 167 Å². The van der Waals surface area contributed by atoms with Crippen LogP contribution >= 0.6 is 0 Å². The van der Waals surface area contributed by atoms with Gasteiger partial charge in [-0.3, -0.25) is 9.67 Å². The number of aryl methyl sites for hydroxylation is 2. The number of hydrogen-bond donors (Lipinski definition) is 3. The van der Waals surface area contributed by atoms with Gasteiger partial charge in [-0.15, -0.1) is 0 Å².